The second kappa shape index (κ2) is 5.82. The number of piperidine rings is 1. The molecule has 1 aromatic heterocycles. The molecule has 1 saturated heterocycles. The topological polar surface area (TPSA) is 74.1 Å². The van der Waals surface area contributed by atoms with E-state index in [1.54, 1.807) is 6.07 Å². The van der Waals surface area contributed by atoms with Crippen molar-refractivity contribution in [1.82, 2.24) is 4.98 Å². The number of nitrogens with zero attached hydrogens (tertiary/aromatic N) is 3. The number of hydrogen-bond acceptors (Lipinski definition) is 5. The van der Waals surface area contributed by atoms with Crippen molar-refractivity contribution in [3.8, 4) is 6.07 Å². The van der Waals surface area contributed by atoms with Crippen molar-refractivity contribution in [1.29, 1.82) is 5.26 Å². The number of fused-ring (bicyclic) bond motifs is 1. The maximum Gasteiger partial charge on any atom is 0.152 e. The van der Waals surface area contributed by atoms with Gasteiger partial charge >= 0.3 is 0 Å². The molecule has 5 nitrogen and oxygen atoms in total. The van der Waals surface area contributed by atoms with Crippen LogP contribution in [-0.4, -0.2) is 38.0 Å². The fourth-order valence-corrected chi connectivity index (χ4v) is 4.12. The Bertz CT molecular complexity index is 900. The third-order valence-electron chi connectivity index (χ3n) is 4.38. The number of aromatic nitrogens is 1. The van der Waals surface area contributed by atoms with Crippen LogP contribution in [0.5, 0.6) is 0 Å². The van der Waals surface area contributed by atoms with Gasteiger partial charge in [0, 0.05) is 24.7 Å². The lowest BCUT2D eigenvalue weighted by Crippen LogP contribution is -2.42. The number of pyridine rings is 1. The largest absolute Gasteiger partial charge is 0.355 e. The van der Waals surface area contributed by atoms with Crippen LogP contribution >= 0.6 is 0 Å². The quantitative estimate of drug-likeness (QED) is 0.846. The number of anilines is 1. The molecular weight excluding hydrogens is 310 g/mol. The molecule has 0 spiro atoms. The molecule has 0 radical (unpaired) electrons. The smallest absolute Gasteiger partial charge is 0.152 e. The van der Waals surface area contributed by atoms with Crippen molar-refractivity contribution in [2.45, 2.75) is 25.0 Å². The summed E-state index contributed by atoms with van der Waals surface area (Å²) in [7, 11) is -3.07. The van der Waals surface area contributed by atoms with E-state index in [1.165, 1.54) is 6.26 Å². The van der Waals surface area contributed by atoms with Crippen LogP contribution in [0.15, 0.2) is 24.3 Å². The van der Waals surface area contributed by atoms with Crippen molar-refractivity contribution in [3.05, 3.63) is 35.4 Å². The van der Waals surface area contributed by atoms with Gasteiger partial charge in [0.2, 0.25) is 0 Å². The zero-order valence-corrected chi connectivity index (χ0v) is 14.1. The first-order valence-corrected chi connectivity index (χ1v) is 9.59. The molecule has 1 aromatic carbocycles. The standard InChI is InChI=1S/C17H19N3O2S/c1-12-5-6-16-15(8-12)13(10-18)9-17(19-16)20-7-3-4-14(11-20)23(2,21)22/h5-6,8-9,14H,3-4,7,11H2,1-2H3. The van der Waals surface area contributed by atoms with E-state index in [2.05, 4.69) is 11.1 Å². The third kappa shape index (κ3) is 3.15. The van der Waals surface area contributed by atoms with Gasteiger partial charge < -0.3 is 4.90 Å². The van der Waals surface area contributed by atoms with Crippen molar-refractivity contribution < 1.29 is 8.42 Å². The molecular formula is C17H19N3O2S. The van der Waals surface area contributed by atoms with E-state index >= 15 is 0 Å². The molecule has 0 N–H and O–H groups in total. The van der Waals surface area contributed by atoms with Crippen LogP contribution in [0.2, 0.25) is 0 Å². The van der Waals surface area contributed by atoms with Crippen LogP contribution in [-0.2, 0) is 9.84 Å². The number of nitriles is 1. The minimum Gasteiger partial charge on any atom is -0.355 e. The van der Waals surface area contributed by atoms with Gasteiger partial charge in [-0.3, -0.25) is 0 Å². The molecule has 23 heavy (non-hydrogen) atoms. The lowest BCUT2D eigenvalue weighted by atomic mass is 10.1. The maximum atomic E-state index is 11.8. The summed E-state index contributed by atoms with van der Waals surface area (Å²) in [5.74, 6) is 0.686. The van der Waals surface area contributed by atoms with E-state index in [1.807, 2.05) is 30.0 Å². The Morgan fingerprint density at radius 3 is 2.83 bits per heavy atom. The Labute approximate surface area is 136 Å². The van der Waals surface area contributed by atoms with Gasteiger partial charge in [-0.2, -0.15) is 5.26 Å². The van der Waals surface area contributed by atoms with Gasteiger partial charge in [0.15, 0.2) is 9.84 Å². The molecule has 3 rings (SSSR count). The Balaban J connectivity index is 2.03. The molecule has 1 aliphatic rings. The normalized spacial score (nSPS) is 18.8. The van der Waals surface area contributed by atoms with Gasteiger partial charge in [-0.1, -0.05) is 11.6 Å². The lowest BCUT2D eigenvalue weighted by molar-refractivity contribution is 0.534. The number of hydrogen-bond donors (Lipinski definition) is 0. The highest BCUT2D eigenvalue weighted by Crippen LogP contribution is 2.27. The van der Waals surface area contributed by atoms with E-state index < -0.39 is 9.84 Å². The molecule has 2 aromatic rings. The van der Waals surface area contributed by atoms with Gasteiger partial charge in [-0.05, 0) is 38.0 Å². The number of rotatable bonds is 2. The van der Waals surface area contributed by atoms with Crippen molar-refractivity contribution in [2.24, 2.45) is 0 Å². The predicted molar refractivity (Wildman–Crippen MR) is 91.3 cm³/mol. The first kappa shape index (κ1) is 15.8. The lowest BCUT2D eigenvalue weighted by Gasteiger charge is -2.32. The van der Waals surface area contributed by atoms with Crippen LogP contribution in [0.3, 0.4) is 0 Å². The molecule has 1 aliphatic heterocycles. The summed E-state index contributed by atoms with van der Waals surface area (Å²) in [6, 6.07) is 9.84. The second-order valence-electron chi connectivity index (χ2n) is 6.20. The minimum atomic E-state index is -3.07. The molecule has 1 atom stereocenters. The average molecular weight is 329 g/mol. The van der Waals surface area contributed by atoms with Crippen LogP contribution < -0.4 is 4.90 Å². The predicted octanol–water partition coefficient (Wildman–Crippen LogP) is 2.43. The average Bonchev–Trinajstić information content (AvgIpc) is 2.53. The summed E-state index contributed by atoms with van der Waals surface area (Å²) in [6.07, 6.45) is 2.79. The Hall–Kier alpha value is -2.13. The molecule has 0 aliphatic carbocycles. The van der Waals surface area contributed by atoms with Crippen LogP contribution in [0.1, 0.15) is 24.0 Å². The Morgan fingerprint density at radius 1 is 1.35 bits per heavy atom. The Kier molecular flexibility index (Phi) is 3.99. The summed E-state index contributed by atoms with van der Waals surface area (Å²) in [6.45, 7) is 3.19. The molecule has 2 heterocycles. The summed E-state index contributed by atoms with van der Waals surface area (Å²) in [4.78, 5) is 6.63. The Morgan fingerprint density at radius 2 is 2.13 bits per heavy atom. The summed E-state index contributed by atoms with van der Waals surface area (Å²) in [5, 5.41) is 9.92. The monoisotopic (exact) mass is 329 g/mol. The molecule has 0 saturated carbocycles. The number of sulfone groups is 1. The van der Waals surface area contributed by atoms with Crippen molar-refractivity contribution in [2.75, 3.05) is 24.2 Å². The van der Waals surface area contributed by atoms with Gasteiger partial charge in [0.25, 0.3) is 0 Å². The highest BCUT2D eigenvalue weighted by Gasteiger charge is 2.28. The minimum absolute atomic E-state index is 0.364. The van der Waals surface area contributed by atoms with E-state index in [0.717, 1.165) is 29.4 Å². The van der Waals surface area contributed by atoms with Gasteiger partial charge in [0.05, 0.1) is 22.4 Å². The zero-order chi connectivity index (χ0) is 16.6. The van der Waals surface area contributed by atoms with Crippen LogP contribution in [0.4, 0.5) is 5.82 Å². The van der Waals surface area contributed by atoms with Crippen LogP contribution in [0.25, 0.3) is 10.9 Å². The van der Waals surface area contributed by atoms with Crippen LogP contribution in [0, 0.1) is 18.3 Å². The molecule has 0 amide bonds. The first-order valence-electron chi connectivity index (χ1n) is 7.64. The second-order valence-corrected chi connectivity index (χ2v) is 8.53. The zero-order valence-electron chi connectivity index (χ0n) is 13.3. The molecule has 120 valence electrons. The van der Waals surface area contributed by atoms with Gasteiger partial charge in [0.1, 0.15) is 5.82 Å². The summed E-state index contributed by atoms with van der Waals surface area (Å²) >= 11 is 0. The molecule has 6 heteroatoms. The maximum absolute atomic E-state index is 11.8. The van der Waals surface area contributed by atoms with E-state index in [-0.39, 0.29) is 5.25 Å². The van der Waals surface area contributed by atoms with Gasteiger partial charge in [-0.15, -0.1) is 0 Å². The van der Waals surface area contributed by atoms with Gasteiger partial charge in [-0.25, -0.2) is 13.4 Å². The SMILES string of the molecule is Cc1ccc2nc(N3CCCC(S(C)(=O)=O)C3)cc(C#N)c2c1. The van der Waals surface area contributed by atoms with Crippen molar-refractivity contribution >= 4 is 26.6 Å². The van der Waals surface area contributed by atoms with Crippen molar-refractivity contribution in [3.63, 3.8) is 0 Å². The number of aryl methyl sites for hydroxylation is 1. The molecule has 0 bridgehead atoms. The molecule has 1 fully saturated rings. The summed E-state index contributed by atoms with van der Waals surface area (Å²) < 4.78 is 23.7. The van der Waals surface area contributed by atoms with E-state index in [9.17, 15) is 13.7 Å². The highest BCUT2D eigenvalue weighted by molar-refractivity contribution is 7.91. The fourth-order valence-electron chi connectivity index (χ4n) is 3.08. The molecule has 1 unspecified atom stereocenters. The summed E-state index contributed by atoms with van der Waals surface area (Å²) in [5.41, 5.74) is 2.43. The number of benzene rings is 1. The first-order chi connectivity index (χ1) is 10.9. The van der Waals surface area contributed by atoms with E-state index in [0.29, 0.717) is 24.3 Å². The van der Waals surface area contributed by atoms with E-state index in [4.69, 9.17) is 0 Å². The highest BCUT2D eigenvalue weighted by atomic mass is 32.2. The third-order valence-corrected chi connectivity index (χ3v) is 5.97. The fraction of sp³-hybridized carbons (Fsp3) is 0.412.